The van der Waals surface area contributed by atoms with Gasteiger partial charge in [0.1, 0.15) is 11.5 Å². The largest absolute Gasteiger partial charge is 0.497 e. The number of nitrogens with zero attached hydrogens (tertiary/aromatic N) is 1. The number of ether oxygens (including phenoxy) is 2. The summed E-state index contributed by atoms with van der Waals surface area (Å²) in [6.07, 6.45) is 0.833. The first kappa shape index (κ1) is 17.8. The Balaban J connectivity index is 1.57. The Labute approximate surface area is 152 Å². The topological polar surface area (TPSA) is 67.9 Å². The van der Waals surface area contributed by atoms with E-state index in [0.29, 0.717) is 17.9 Å². The summed E-state index contributed by atoms with van der Waals surface area (Å²) in [5, 5.41) is 2.82. The zero-order valence-electron chi connectivity index (χ0n) is 14.9. The Morgan fingerprint density at radius 3 is 2.31 bits per heavy atom. The van der Waals surface area contributed by atoms with Crippen LogP contribution in [0.4, 0.5) is 11.4 Å². The fourth-order valence-corrected chi connectivity index (χ4v) is 2.80. The monoisotopic (exact) mass is 354 g/mol. The van der Waals surface area contributed by atoms with Crippen molar-refractivity contribution in [3.63, 3.8) is 0 Å². The molecular weight excluding hydrogens is 332 g/mol. The molecule has 0 spiro atoms. The van der Waals surface area contributed by atoms with E-state index in [-0.39, 0.29) is 11.8 Å². The van der Waals surface area contributed by atoms with E-state index in [4.69, 9.17) is 9.47 Å². The molecule has 0 aliphatic carbocycles. The summed E-state index contributed by atoms with van der Waals surface area (Å²) in [5.74, 6) is 1.22. The van der Waals surface area contributed by atoms with E-state index < -0.39 is 6.10 Å². The number of benzene rings is 2. The van der Waals surface area contributed by atoms with Crippen molar-refractivity contribution in [3.05, 3.63) is 48.5 Å². The summed E-state index contributed by atoms with van der Waals surface area (Å²) >= 11 is 0. The molecule has 1 fully saturated rings. The number of carbonyl (C=O) groups is 2. The van der Waals surface area contributed by atoms with Crippen molar-refractivity contribution in [2.75, 3.05) is 23.9 Å². The predicted molar refractivity (Wildman–Crippen MR) is 99.7 cm³/mol. The van der Waals surface area contributed by atoms with Gasteiger partial charge in [-0.1, -0.05) is 0 Å². The molecule has 0 saturated carbocycles. The minimum absolute atomic E-state index is 0.142. The van der Waals surface area contributed by atoms with E-state index in [1.165, 1.54) is 0 Å². The van der Waals surface area contributed by atoms with Crippen LogP contribution in [0.5, 0.6) is 11.5 Å². The first-order valence-electron chi connectivity index (χ1n) is 8.59. The highest BCUT2D eigenvalue weighted by molar-refractivity contribution is 5.96. The van der Waals surface area contributed by atoms with Gasteiger partial charge in [-0.15, -0.1) is 0 Å². The highest BCUT2D eigenvalue weighted by Crippen LogP contribution is 2.23. The van der Waals surface area contributed by atoms with E-state index in [1.54, 1.807) is 55.3 Å². The Kier molecular flexibility index (Phi) is 5.41. The van der Waals surface area contributed by atoms with Crippen LogP contribution in [0.3, 0.4) is 0 Å². The van der Waals surface area contributed by atoms with Gasteiger partial charge < -0.3 is 19.7 Å². The Morgan fingerprint density at radius 2 is 1.73 bits per heavy atom. The molecular formula is C20H22N2O4. The normalized spacial score (nSPS) is 14.8. The predicted octanol–water partition coefficient (Wildman–Crippen LogP) is 3.23. The van der Waals surface area contributed by atoms with Gasteiger partial charge in [0.2, 0.25) is 5.91 Å². The van der Waals surface area contributed by atoms with Crippen molar-refractivity contribution < 1.29 is 19.1 Å². The van der Waals surface area contributed by atoms with Crippen LogP contribution in [0.15, 0.2) is 48.5 Å². The van der Waals surface area contributed by atoms with Crippen LogP contribution in [0.25, 0.3) is 0 Å². The lowest BCUT2D eigenvalue weighted by Gasteiger charge is -2.17. The number of rotatable bonds is 6. The number of amides is 2. The van der Waals surface area contributed by atoms with Gasteiger partial charge in [0.05, 0.1) is 7.11 Å². The van der Waals surface area contributed by atoms with E-state index in [9.17, 15) is 9.59 Å². The van der Waals surface area contributed by atoms with Gasteiger partial charge in [-0.25, -0.2) is 0 Å². The lowest BCUT2D eigenvalue weighted by atomic mass is 10.2. The van der Waals surface area contributed by atoms with Crippen LogP contribution in [0.1, 0.15) is 19.8 Å². The second-order valence-electron chi connectivity index (χ2n) is 6.12. The van der Waals surface area contributed by atoms with Crippen molar-refractivity contribution in [2.24, 2.45) is 0 Å². The molecule has 26 heavy (non-hydrogen) atoms. The zero-order chi connectivity index (χ0) is 18.5. The van der Waals surface area contributed by atoms with E-state index in [0.717, 1.165) is 24.4 Å². The summed E-state index contributed by atoms with van der Waals surface area (Å²) in [6, 6.07) is 14.3. The molecule has 136 valence electrons. The summed E-state index contributed by atoms with van der Waals surface area (Å²) in [5.41, 5.74) is 1.52. The molecule has 0 bridgehead atoms. The second-order valence-corrected chi connectivity index (χ2v) is 6.12. The minimum atomic E-state index is -0.650. The van der Waals surface area contributed by atoms with Crippen LogP contribution in [-0.4, -0.2) is 31.6 Å². The van der Waals surface area contributed by atoms with E-state index >= 15 is 0 Å². The first-order valence-corrected chi connectivity index (χ1v) is 8.59. The standard InChI is InChI=1S/C20H22N2O4/c1-14(26-18-11-9-17(25-2)10-12-18)20(24)21-15-5-7-16(8-6-15)22-13-3-4-19(22)23/h5-12,14H,3-4,13H2,1-2H3,(H,21,24)/t14-/m0/s1. The number of nitrogens with one attached hydrogen (secondary N) is 1. The molecule has 1 atom stereocenters. The van der Waals surface area contributed by atoms with Gasteiger partial charge >= 0.3 is 0 Å². The zero-order valence-corrected chi connectivity index (χ0v) is 14.9. The van der Waals surface area contributed by atoms with Crippen molar-refractivity contribution in [1.82, 2.24) is 0 Å². The molecule has 2 amide bonds. The summed E-state index contributed by atoms with van der Waals surface area (Å²) in [7, 11) is 1.59. The minimum Gasteiger partial charge on any atom is -0.497 e. The van der Waals surface area contributed by atoms with Crippen molar-refractivity contribution in [1.29, 1.82) is 0 Å². The van der Waals surface area contributed by atoms with Crippen molar-refractivity contribution in [3.8, 4) is 11.5 Å². The maximum atomic E-state index is 12.3. The molecule has 6 nitrogen and oxygen atoms in total. The van der Waals surface area contributed by atoms with Gasteiger partial charge in [0.15, 0.2) is 6.10 Å². The first-order chi connectivity index (χ1) is 12.6. The van der Waals surface area contributed by atoms with E-state index in [1.807, 2.05) is 12.1 Å². The number of carbonyl (C=O) groups excluding carboxylic acids is 2. The van der Waals surface area contributed by atoms with Gasteiger partial charge in [-0.05, 0) is 61.9 Å². The van der Waals surface area contributed by atoms with Gasteiger partial charge in [-0.2, -0.15) is 0 Å². The Hall–Kier alpha value is -3.02. The molecule has 1 heterocycles. The summed E-state index contributed by atoms with van der Waals surface area (Å²) in [4.78, 5) is 25.8. The Bertz CT molecular complexity index is 771. The van der Waals surface area contributed by atoms with Crippen molar-refractivity contribution in [2.45, 2.75) is 25.9 Å². The average Bonchev–Trinajstić information content (AvgIpc) is 3.09. The highest BCUT2D eigenvalue weighted by Gasteiger charge is 2.21. The van der Waals surface area contributed by atoms with Gasteiger partial charge in [0.25, 0.3) is 5.91 Å². The van der Waals surface area contributed by atoms with E-state index in [2.05, 4.69) is 5.32 Å². The quantitative estimate of drug-likeness (QED) is 0.865. The third-order valence-electron chi connectivity index (χ3n) is 4.26. The van der Waals surface area contributed by atoms with Crippen LogP contribution < -0.4 is 19.7 Å². The van der Waals surface area contributed by atoms with Crippen LogP contribution in [0, 0.1) is 0 Å². The molecule has 0 aromatic heterocycles. The molecule has 1 saturated heterocycles. The van der Waals surface area contributed by atoms with Gasteiger partial charge in [0, 0.05) is 24.3 Å². The highest BCUT2D eigenvalue weighted by atomic mass is 16.5. The number of hydrogen-bond donors (Lipinski definition) is 1. The lowest BCUT2D eigenvalue weighted by molar-refractivity contribution is -0.122. The average molecular weight is 354 g/mol. The van der Waals surface area contributed by atoms with Crippen molar-refractivity contribution >= 4 is 23.2 Å². The third-order valence-corrected chi connectivity index (χ3v) is 4.26. The number of anilines is 2. The molecule has 1 aliphatic rings. The maximum absolute atomic E-state index is 12.3. The Morgan fingerprint density at radius 1 is 1.08 bits per heavy atom. The third kappa shape index (κ3) is 4.14. The molecule has 2 aromatic carbocycles. The van der Waals surface area contributed by atoms with Crippen LogP contribution >= 0.6 is 0 Å². The summed E-state index contributed by atoms with van der Waals surface area (Å²) < 4.78 is 10.7. The molecule has 1 N–H and O–H groups in total. The van der Waals surface area contributed by atoms with Crippen LogP contribution in [-0.2, 0) is 9.59 Å². The fourth-order valence-electron chi connectivity index (χ4n) is 2.80. The number of hydrogen-bond acceptors (Lipinski definition) is 4. The SMILES string of the molecule is COc1ccc(O[C@@H](C)C(=O)Nc2ccc(N3CCCC3=O)cc2)cc1. The molecule has 0 unspecified atom stereocenters. The maximum Gasteiger partial charge on any atom is 0.265 e. The molecule has 3 rings (SSSR count). The number of methoxy groups -OCH3 is 1. The fraction of sp³-hybridized carbons (Fsp3) is 0.300. The molecule has 2 aromatic rings. The van der Waals surface area contributed by atoms with Crippen LogP contribution in [0.2, 0.25) is 0 Å². The smallest absolute Gasteiger partial charge is 0.265 e. The molecule has 1 aliphatic heterocycles. The van der Waals surface area contributed by atoms with Gasteiger partial charge in [-0.3, -0.25) is 9.59 Å². The molecule has 6 heteroatoms. The molecule has 0 radical (unpaired) electrons. The lowest BCUT2D eigenvalue weighted by Crippen LogP contribution is -2.30. The summed E-state index contributed by atoms with van der Waals surface area (Å²) in [6.45, 7) is 2.44. The second kappa shape index (κ2) is 7.91.